The Hall–Kier alpha value is -1.36. The number of carbonyl (C=O) groups excluding carboxylic acids is 1. The number of likely N-dealkylation sites (tertiary alicyclic amines) is 1. The molecule has 0 aliphatic carbocycles. The summed E-state index contributed by atoms with van der Waals surface area (Å²) >= 11 is 0. The topological polar surface area (TPSA) is 55.6 Å². The summed E-state index contributed by atoms with van der Waals surface area (Å²) < 4.78 is 10.4. The van der Waals surface area contributed by atoms with Gasteiger partial charge in [-0.1, -0.05) is 5.16 Å². The van der Waals surface area contributed by atoms with E-state index in [1.54, 1.807) is 0 Å². The van der Waals surface area contributed by atoms with Crippen molar-refractivity contribution in [3.63, 3.8) is 0 Å². The Bertz CT molecular complexity index is 388. The van der Waals surface area contributed by atoms with E-state index in [1.807, 2.05) is 20.0 Å². The highest BCUT2D eigenvalue weighted by molar-refractivity contribution is 5.66. The summed E-state index contributed by atoms with van der Waals surface area (Å²) in [4.78, 5) is 13.0. The minimum absolute atomic E-state index is 0.0436. The third-order valence-corrected chi connectivity index (χ3v) is 2.82. The molecule has 0 spiro atoms. The van der Waals surface area contributed by atoms with Gasteiger partial charge in [0, 0.05) is 26.0 Å². The molecule has 0 N–H and O–H groups in total. The quantitative estimate of drug-likeness (QED) is 0.708. The van der Waals surface area contributed by atoms with Crippen LogP contribution in [0.1, 0.15) is 30.8 Å². The van der Waals surface area contributed by atoms with Crippen LogP contribution in [0.2, 0.25) is 0 Å². The van der Waals surface area contributed by atoms with Gasteiger partial charge in [0.2, 0.25) is 0 Å². The second-order valence-electron chi connectivity index (χ2n) is 4.29. The smallest absolute Gasteiger partial charge is 0.302 e. The van der Waals surface area contributed by atoms with Crippen LogP contribution >= 0.6 is 0 Å². The highest BCUT2D eigenvalue weighted by atomic mass is 16.5. The van der Waals surface area contributed by atoms with E-state index in [4.69, 9.17) is 9.26 Å². The fraction of sp³-hybridized carbons (Fsp3) is 0.636. The van der Waals surface area contributed by atoms with E-state index in [2.05, 4.69) is 10.1 Å². The Labute approximate surface area is 94.3 Å². The summed E-state index contributed by atoms with van der Waals surface area (Å²) in [6.07, 6.45) is 0.725. The van der Waals surface area contributed by atoms with Crippen molar-refractivity contribution in [2.24, 2.45) is 0 Å². The van der Waals surface area contributed by atoms with Gasteiger partial charge in [-0.15, -0.1) is 0 Å². The molecule has 0 amide bonds. The molecule has 0 saturated carbocycles. The van der Waals surface area contributed by atoms with Gasteiger partial charge in [-0.3, -0.25) is 9.69 Å². The van der Waals surface area contributed by atoms with Gasteiger partial charge in [0.15, 0.2) is 5.76 Å². The summed E-state index contributed by atoms with van der Waals surface area (Å²) in [6.45, 7) is 4.07. The predicted octanol–water partition coefficient (Wildman–Crippen LogP) is 1.29. The van der Waals surface area contributed by atoms with Crippen LogP contribution in [0, 0.1) is 6.92 Å². The second-order valence-corrected chi connectivity index (χ2v) is 4.29. The third kappa shape index (κ3) is 2.24. The number of hydrogen-bond acceptors (Lipinski definition) is 5. The summed E-state index contributed by atoms with van der Waals surface area (Å²) in [5.74, 6) is 0.613. The molecule has 0 aromatic carbocycles. The molecule has 88 valence electrons. The molecule has 1 fully saturated rings. The Morgan fingerprint density at radius 1 is 1.69 bits per heavy atom. The van der Waals surface area contributed by atoms with Gasteiger partial charge < -0.3 is 9.26 Å². The zero-order valence-electron chi connectivity index (χ0n) is 9.77. The van der Waals surface area contributed by atoms with E-state index in [9.17, 15) is 4.79 Å². The average Bonchev–Trinajstić information content (AvgIpc) is 2.72. The molecule has 1 aromatic rings. The number of nitrogens with zero attached hydrogens (tertiary/aromatic N) is 2. The molecule has 16 heavy (non-hydrogen) atoms. The second kappa shape index (κ2) is 4.25. The normalized spacial score (nSPS) is 25.9. The number of carbonyl (C=O) groups is 1. The van der Waals surface area contributed by atoms with Crippen LogP contribution in [0.5, 0.6) is 0 Å². The van der Waals surface area contributed by atoms with Gasteiger partial charge in [-0.25, -0.2) is 0 Å². The van der Waals surface area contributed by atoms with E-state index in [0.717, 1.165) is 24.4 Å². The highest BCUT2D eigenvalue weighted by Crippen LogP contribution is 2.32. The maximum Gasteiger partial charge on any atom is 0.302 e. The van der Waals surface area contributed by atoms with Crippen LogP contribution in [0.15, 0.2) is 10.6 Å². The van der Waals surface area contributed by atoms with E-state index in [1.165, 1.54) is 6.92 Å². The summed E-state index contributed by atoms with van der Waals surface area (Å²) in [7, 11) is 1.99. The highest BCUT2D eigenvalue weighted by Gasteiger charge is 2.34. The standard InChI is InChI=1S/C11H16N2O3/c1-7-4-11(16-12-7)10-5-9(6-13(10)3)15-8(2)14/h4,9-10H,5-6H2,1-3H3. The number of aryl methyl sites for hydroxylation is 1. The Balaban J connectivity index is 2.05. The van der Waals surface area contributed by atoms with Gasteiger partial charge in [0.25, 0.3) is 0 Å². The molecule has 1 aliphatic rings. The van der Waals surface area contributed by atoms with E-state index < -0.39 is 0 Å². The van der Waals surface area contributed by atoms with Crippen molar-refractivity contribution >= 4 is 5.97 Å². The summed E-state index contributed by atoms with van der Waals surface area (Å²) in [6, 6.07) is 2.09. The first-order valence-electron chi connectivity index (χ1n) is 5.37. The van der Waals surface area contributed by atoms with Crippen LogP contribution < -0.4 is 0 Å². The first kappa shape index (κ1) is 11.1. The van der Waals surface area contributed by atoms with Crippen molar-refractivity contribution in [1.82, 2.24) is 10.1 Å². The first-order valence-corrected chi connectivity index (χ1v) is 5.37. The molecule has 2 unspecified atom stereocenters. The van der Waals surface area contributed by atoms with Crippen molar-refractivity contribution in [1.29, 1.82) is 0 Å². The van der Waals surface area contributed by atoms with Crippen molar-refractivity contribution < 1.29 is 14.1 Å². The lowest BCUT2D eigenvalue weighted by atomic mass is 10.1. The lowest BCUT2D eigenvalue weighted by Gasteiger charge is -2.14. The van der Waals surface area contributed by atoms with Crippen LogP contribution in [0.25, 0.3) is 0 Å². The minimum atomic E-state index is -0.229. The Kier molecular flexibility index (Phi) is 2.96. The molecule has 2 heterocycles. The van der Waals surface area contributed by atoms with Gasteiger partial charge in [0.05, 0.1) is 11.7 Å². The fourth-order valence-corrected chi connectivity index (χ4v) is 2.15. The Morgan fingerprint density at radius 3 is 3.00 bits per heavy atom. The lowest BCUT2D eigenvalue weighted by molar-refractivity contribution is -0.145. The molecule has 1 aliphatic heterocycles. The molecule has 5 nitrogen and oxygen atoms in total. The molecular formula is C11H16N2O3. The number of rotatable bonds is 2. The molecule has 5 heteroatoms. The molecule has 0 radical (unpaired) electrons. The van der Waals surface area contributed by atoms with Crippen LogP contribution in [-0.4, -0.2) is 35.7 Å². The molecule has 1 aromatic heterocycles. The number of ether oxygens (including phenoxy) is 1. The number of likely N-dealkylation sites (N-methyl/N-ethyl adjacent to an activating group) is 1. The third-order valence-electron chi connectivity index (χ3n) is 2.82. The van der Waals surface area contributed by atoms with E-state index in [-0.39, 0.29) is 18.1 Å². The number of esters is 1. The molecule has 1 saturated heterocycles. The van der Waals surface area contributed by atoms with Crippen molar-refractivity contribution in [3.8, 4) is 0 Å². The predicted molar refractivity (Wildman–Crippen MR) is 56.8 cm³/mol. The van der Waals surface area contributed by atoms with Crippen molar-refractivity contribution in [2.75, 3.05) is 13.6 Å². The average molecular weight is 224 g/mol. The van der Waals surface area contributed by atoms with Crippen molar-refractivity contribution in [2.45, 2.75) is 32.4 Å². The van der Waals surface area contributed by atoms with Crippen LogP contribution in [0.4, 0.5) is 0 Å². The van der Waals surface area contributed by atoms with Crippen molar-refractivity contribution in [3.05, 3.63) is 17.5 Å². The van der Waals surface area contributed by atoms with Gasteiger partial charge >= 0.3 is 5.97 Å². The lowest BCUT2D eigenvalue weighted by Crippen LogP contribution is -2.21. The van der Waals surface area contributed by atoms with E-state index in [0.29, 0.717) is 0 Å². The van der Waals surface area contributed by atoms with Crippen LogP contribution in [0.3, 0.4) is 0 Å². The summed E-state index contributed by atoms with van der Waals surface area (Å²) in [5, 5.41) is 3.87. The number of hydrogen-bond donors (Lipinski definition) is 0. The minimum Gasteiger partial charge on any atom is -0.461 e. The number of aromatic nitrogens is 1. The maximum atomic E-state index is 10.9. The first-order chi connectivity index (χ1) is 7.56. The molecular weight excluding hydrogens is 208 g/mol. The summed E-state index contributed by atoms with van der Waals surface area (Å²) in [5.41, 5.74) is 0.874. The SMILES string of the molecule is CC(=O)OC1CC(c2cc(C)no2)N(C)C1. The monoisotopic (exact) mass is 224 g/mol. The zero-order valence-corrected chi connectivity index (χ0v) is 9.77. The molecule has 0 bridgehead atoms. The largest absolute Gasteiger partial charge is 0.461 e. The fourth-order valence-electron chi connectivity index (χ4n) is 2.15. The van der Waals surface area contributed by atoms with E-state index >= 15 is 0 Å². The van der Waals surface area contributed by atoms with Gasteiger partial charge in [-0.05, 0) is 14.0 Å². The van der Waals surface area contributed by atoms with Crippen LogP contribution in [-0.2, 0) is 9.53 Å². The zero-order chi connectivity index (χ0) is 11.7. The maximum absolute atomic E-state index is 10.9. The van der Waals surface area contributed by atoms with Gasteiger partial charge in [-0.2, -0.15) is 0 Å². The molecule has 2 atom stereocenters. The molecule has 2 rings (SSSR count). The van der Waals surface area contributed by atoms with Gasteiger partial charge in [0.1, 0.15) is 6.10 Å². The Morgan fingerprint density at radius 2 is 2.44 bits per heavy atom.